The maximum absolute atomic E-state index is 12.2. The van der Waals surface area contributed by atoms with Gasteiger partial charge in [-0.25, -0.2) is 0 Å². The molecule has 2 rings (SSSR count). The molecule has 23 heavy (non-hydrogen) atoms. The Kier molecular flexibility index (Phi) is 5.73. The largest absolute Gasteiger partial charge is 0.484 e. The molecule has 1 aromatic carbocycles. The van der Waals surface area contributed by atoms with Crippen LogP contribution in [0.1, 0.15) is 18.4 Å². The van der Waals surface area contributed by atoms with Crippen molar-refractivity contribution in [2.45, 2.75) is 19.8 Å². The molecule has 0 spiro atoms. The highest BCUT2D eigenvalue weighted by atomic mass is 16.5. The number of aryl methyl sites for hydroxylation is 1. The van der Waals surface area contributed by atoms with Gasteiger partial charge in [-0.05, 0) is 25.5 Å². The van der Waals surface area contributed by atoms with Crippen molar-refractivity contribution >= 4 is 17.7 Å². The number of ether oxygens (including phenoxy) is 2. The van der Waals surface area contributed by atoms with Gasteiger partial charge in [0.25, 0.3) is 5.91 Å². The third-order valence-corrected chi connectivity index (χ3v) is 3.93. The number of carbonyl (C=O) groups is 3. The summed E-state index contributed by atoms with van der Waals surface area (Å²) in [6, 6.07) is 7.43. The summed E-state index contributed by atoms with van der Waals surface area (Å²) in [6.07, 6.45) is 0.456. The van der Waals surface area contributed by atoms with E-state index in [-0.39, 0.29) is 24.7 Å². The number of ketones is 1. The van der Waals surface area contributed by atoms with Crippen molar-refractivity contribution in [1.29, 1.82) is 0 Å². The van der Waals surface area contributed by atoms with Crippen LogP contribution in [0.5, 0.6) is 5.75 Å². The molecule has 124 valence electrons. The molecule has 1 heterocycles. The fraction of sp³-hybridized carbons (Fsp3) is 0.471. The topological polar surface area (TPSA) is 72.9 Å². The number of hydrogen-bond donors (Lipinski definition) is 0. The average Bonchev–Trinajstić information content (AvgIpc) is 2.75. The van der Waals surface area contributed by atoms with E-state index in [9.17, 15) is 14.4 Å². The first kappa shape index (κ1) is 17.0. The molecule has 0 N–H and O–H groups in total. The molecule has 0 aliphatic carbocycles. The minimum atomic E-state index is -0.768. The van der Waals surface area contributed by atoms with Crippen LogP contribution in [-0.4, -0.2) is 49.4 Å². The van der Waals surface area contributed by atoms with Crippen LogP contribution in [0.2, 0.25) is 0 Å². The molecule has 1 atom stereocenters. The van der Waals surface area contributed by atoms with Gasteiger partial charge in [-0.3, -0.25) is 14.4 Å². The third-order valence-electron chi connectivity index (χ3n) is 3.93. The minimum Gasteiger partial charge on any atom is -0.484 e. The summed E-state index contributed by atoms with van der Waals surface area (Å²) in [7, 11) is 1.26. The molecule has 1 aliphatic heterocycles. The second-order valence-corrected chi connectivity index (χ2v) is 5.56. The quantitative estimate of drug-likeness (QED) is 0.619. The fourth-order valence-electron chi connectivity index (χ4n) is 2.49. The predicted molar refractivity (Wildman–Crippen MR) is 83.0 cm³/mol. The van der Waals surface area contributed by atoms with Crippen molar-refractivity contribution in [2.24, 2.45) is 5.92 Å². The van der Waals surface area contributed by atoms with E-state index >= 15 is 0 Å². The van der Waals surface area contributed by atoms with Crippen molar-refractivity contribution in [2.75, 3.05) is 26.8 Å². The molecule has 0 radical (unpaired) electrons. The number of esters is 1. The zero-order chi connectivity index (χ0) is 16.8. The molecular weight excluding hydrogens is 298 g/mol. The van der Waals surface area contributed by atoms with Crippen LogP contribution in [0, 0.1) is 12.8 Å². The lowest BCUT2D eigenvalue weighted by Gasteiger charge is -2.20. The molecule has 0 saturated carbocycles. The predicted octanol–water partition coefficient (Wildman–Crippen LogP) is 1.35. The number of likely N-dealkylation sites (tertiary alicyclic amines) is 1. The molecule has 1 aliphatic rings. The lowest BCUT2D eigenvalue weighted by Crippen LogP contribution is -2.36. The van der Waals surface area contributed by atoms with E-state index in [4.69, 9.17) is 4.74 Å². The van der Waals surface area contributed by atoms with Crippen molar-refractivity contribution in [3.05, 3.63) is 29.8 Å². The van der Waals surface area contributed by atoms with E-state index in [0.717, 1.165) is 5.56 Å². The van der Waals surface area contributed by atoms with Gasteiger partial charge in [-0.2, -0.15) is 0 Å². The highest BCUT2D eigenvalue weighted by molar-refractivity contribution is 5.99. The van der Waals surface area contributed by atoms with Gasteiger partial charge in [-0.15, -0.1) is 0 Å². The normalized spacial score (nSPS) is 18.3. The summed E-state index contributed by atoms with van der Waals surface area (Å²) < 4.78 is 10.1. The van der Waals surface area contributed by atoms with E-state index in [1.54, 1.807) is 4.90 Å². The van der Waals surface area contributed by atoms with E-state index in [0.29, 0.717) is 25.3 Å². The van der Waals surface area contributed by atoms with Crippen LogP contribution in [-0.2, 0) is 19.1 Å². The Morgan fingerprint density at radius 3 is 2.57 bits per heavy atom. The van der Waals surface area contributed by atoms with Crippen LogP contribution in [0.3, 0.4) is 0 Å². The highest BCUT2D eigenvalue weighted by Gasteiger charge is 2.32. The number of amides is 1. The second kappa shape index (κ2) is 7.76. The van der Waals surface area contributed by atoms with Crippen molar-refractivity contribution in [3.63, 3.8) is 0 Å². The molecule has 6 heteroatoms. The standard InChI is InChI=1S/C17H21NO5/c1-12-3-5-13(6-4-12)23-11-16(20)18-9-7-14(17(21)22-2)15(19)8-10-18/h3-6,14H,7-11H2,1-2H3. The molecule has 1 amide bonds. The fourth-order valence-corrected chi connectivity index (χ4v) is 2.49. The maximum Gasteiger partial charge on any atom is 0.316 e. The SMILES string of the molecule is COC(=O)C1CCN(C(=O)COc2ccc(C)cc2)CCC1=O. The van der Waals surface area contributed by atoms with Crippen LogP contribution in [0.4, 0.5) is 0 Å². The Morgan fingerprint density at radius 1 is 1.22 bits per heavy atom. The number of nitrogens with zero attached hydrogens (tertiary/aromatic N) is 1. The summed E-state index contributed by atoms with van der Waals surface area (Å²) >= 11 is 0. The van der Waals surface area contributed by atoms with Gasteiger partial charge in [-0.1, -0.05) is 17.7 Å². The van der Waals surface area contributed by atoms with Gasteiger partial charge < -0.3 is 14.4 Å². The first-order chi connectivity index (χ1) is 11.0. The van der Waals surface area contributed by atoms with Gasteiger partial charge in [0, 0.05) is 19.5 Å². The Morgan fingerprint density at radius 2 is 1.91 bits per heavy atom. The number of rotatable bonds is 4. The molecule has 1 unspecified atom stereocenters. The summed E-state index contributed by atoms with van der Waals surface area (Å²) in [5.74, 6) is -1.03. The van der Waals surface area contributed by atoms with Gasteiger partial charge in [0.15, 0.2) is 6.61 Å². The van der Waals surface area contributed by atoms with Crippen molar-refractivity contribution in [1.82, 2.24) is 4.90 Å². The van der Waals surface area contributed by atoms with Crippen molar-refractivity contribution in [3.8, 4) is 5.75 Å². The molecule has 0 aromatic heterocycles. The smallest absolute Gasteiger partial charge is 0.316 e. The van der Waals surface area contributed by atoms with Gasteiger partial charge in [0.2, 0.25) is 0 Å². The summed E-state index contributed by atoms with van der Waals surface area (Å²) in [6.45, 7) is 2.55. The number of hydrogen-bond acceptors (Lipinski definition) is 5. The second-order valence-electron chi connectivity index (χ2n) is 5.56. The first-order valence-corrected chi connectivity index (χ1v) is 7.59. The molecule has 1 saturated heterocycles. The Balaban J connectivity index is 1.89. The van der Waals surface area contributed by atoms with Crippen LogP contribution >= 0.6 is 0 Å². The summed E-state index contributed by atoms with van der Waals surface area (Å²) in [5, 5.41) is 0. The Bertz CT molecular complexity index is 581. The Labute approximate surface area is 135 Å². The van der Waals surface area contributed by atoms with E-state index in [1.807, 2.05) is 31.2 Å². The van der Waals surface area contributed by atoms with E-state index in [2.05, 4.69) is 4.74 Å². The molecule has 1 aromatic rings. The highest BCUT2D eigenvalue weighted by Crippen LogP contribution is 2.17. The van der Waals surface area contributed by atoms with Gasteiger partial charge in [0.05, 0.1) is 7.11 Å². The molecular formula is C17H21NO5. The molecule has 1 fully saturated rings. The monoisotopic (exact) mass is 319 g/mol. The van der Waals surface area contributed by atoms with E-state index in [1.165, 1.54) is 7.11 Å². The zero-order valence-electron chi connectivity index (χ0n) is 13.4. The average molecular weight is 319 g/mol. The maximum atomic E-state index is 12.2. The Hall–Kier alpha value is -2.37. The van der Waals surface area contributed by atoms with Gasteiger partial charge >= 0.3 is 5.97 Å². The number of benzene rings is 1. The van der Waals surface area contributed by atoms with Crippen LogP contribution < -0.4 is 4.74 Å². The zero-order valence-corrected chi connectivity index (χ0v) is 13.4. The number of Topliss-reactive ketones (excluding diaryl/α,β-unsaturated/α-hetero) is 1. The van der Waals surface area contributed by atoms with E-state index < -0.39 is 11.9 Å². The summed E-state index contributed by atoms with van der Waals surface area (Å²) in [5.41, 5.74) is 1.11. The summed E-state index contributed by atoms with van der Waals surface area (Å²) in [4.78, 5) is 37.3. The van der Waals surface area contributed by atoms with Crippen LogP contribution in [0.15, 0.2) is 24.3 Å². The van der Waals surface area contributed by atoms with Gasteiger partial charge in [0.1, 0.15) is 17.5 Å². The molecule has 0 bridgehead atoms. The lowest BCUT2D eigenvalue weighted by molar-refractivity contribution is -0.149. The minimum absolute atomic E-state index is 0.0832. The number of methoxy groups -OCH3 is 1. The molecule has 6 nitrogen and oxygen atoms in total. The number of carbonyl (C=O) groups excluding carboxylic acids is 3. The first-order valence-electron chi connectivity index (χ1n) is 7.59. The van der Waals surface area contributed by atoms with Crippen LogP contribution in [0.25, 0.3) is 0 Å². The third kappa shape index (κ3) is 4.55. The van der Waals surface area contributed by atoms with Crippen molar-refractivity contribution < 1.29 is 23.9 Å². The lowest BCUT2D eigenvalue weighted by atomic mass is 10.00.